The first-order valence-corrected chi connectivity index (χ1v) is 6.27. The number of fused-ring (bicyclic) bond motifs is 1. The van der Waals surface area contributed by atoms with Gasteiger partial charge in [0.15, 0.2) is 6.61 Å². The van der Waals surface area contributed by atoms with Gasteiger partial charge in [-0.1, -0.05) is 30.3 Å². The number of carbonyl (C=O) groups is 3. The van der Waals surface area contributed by atoms with Crippen LogP contribution >= 0.6 is 0 Å². The van der Waals surface area contributed by atoms with Gasteiger partial charge in [0.05, 0.1) is 12.1 Å². The fourth-order valence-corrected chi connectivity index (χ4v) is 1.77. The zero-order valence-electron chi connectivity index (χ0n) is 11.2. The van der Waals surface area contributed by atoms with Gasteiger partial charge in [0, 0.05) is 0 Å². The number of rotatable bonds is 5. The van der Waals surface area contributed by atoms with E-state index in [0.717, 1.165) is 10.8 Å². The fourth-order valence-electron chi connectivity index (χ4n) is 1.77. The van der Waals surface area contributed by atoms with Gasteiger partial charge >= 0.3 is 5.97 Å². The van der Waals surface area contributed by atoms with Crippen molar-refractivity contribution in [2.75, 3.05) is 13.2 Å². The lowest BCUT2D eigenvalue weighted by Gasteiger charge is -2.06. The number of ether oxygens (including phenoxy) is 1. The number of amides is 2. The molecule has 0 fully saturated rings. The second-order valence-corrected chi connectivity index (χ2v) is 4.38. The summed E-state index contributed by atoms with van der Waals surface area (Å²) in [7, 11) is 0. The van der Waals surface area contributed by atoms with Crippen LogP contribution in [0.1, 0.15) is 10.4 Å². The predicted octanol–water partition coefficient (Wildman–Crippen LogP) is 0.598. The van der Waals surface area contributed by atoms with Gasteiger partial charge < -0.3 is 15.8 Å². The van der Waals surface area contributed by atoms with E-state index in [0.29, 0.717) is 5.56 Å². The molecule has 6 nitrogen and oxygen atoms in total. The summed E-state index contributed by atoms with van der Waals surface area (Å²) in [6.07, 6.45) is 0. The SMILES string of the molecule is NC(=O)CNC(=O)COC(=O)c1ccc2ccccc2c1. The number of hydrogen-bond acceptors (Lipinski definition) is 4. The van der Waals surface area contributed by atoms with Gasteiger partial charge in [-0.15, -0.1) is 0 Å². The molecule has 21 heavy (non-hydrogen) atoms. The van der Waals surface area contributed by atoms with Crippen LogP contribution in [-0.4, -0.2) is 30.9 Å². The van der Waals surface area contributed by atoms with Crippen LogP contribution in [0.5, 0.6) is 0 Å². The van der Waals surface area contributed by atoms with Crippen molar-refractivity contribution in [2.45, 2.75) is 0 Å². The first-order valence-electron chi connectivity index (χ1n) is 6.27. The minimum absolute atomic E-state index is 0.285. The zero-order chi connectivity index (χ0) is 15.2. The van der Waals surface area contributed by atoms with Crippen LogP contribution < -0.4 is 11.1 Å². The number of benzene rings is 2. The van der Waals surface area contributed by atoms with Crippen LogP contribution in [0.2, 0.25) is 0 Å². The average molecular weight is 286 g/mol. The highest BCUT2D eigenvalue weighted by Crippen LogP contribution is 2.16. The molecule has 0 spiro atoms. The van der Waals surface area contributed by atoms with Gasteiger partial charge in [0.1, 0.15) is 0 Å². The highest BCUT2D eigenvalue weighted by atomic mass is 16.5. The molecule has 0 aromatic heterocycles. The number of primary amides is 1. The number of esters is 1. The predicted molar refractivity (Wildman–Crippen MR) is 76.4 cm³/mol. The van der Waals surface area contributed by atoms with Gasteiger partial charge in [-0.3, -0.25) is 9.59 Å². The van der Waals surface area contributed by atoms with E-state index >= 15 is 0 Å². The van der Waals surface area contributed by atoms with Crippen LogP contribution in [0.4, 0.5) is 0 Å². The largest absolute Gasteiger partial charge is 0.452 e. The van der Waals surface area contributed by atoms with Gasteiger partial charge in [0.2, 0.25) is 5.91 Å². The van der Waals surface area contributed by atoms with E-state index < -0.39 is 24.4 Å². The monoisotopic (exact) mass is 286 g/mol. The Labute approximate surface area is 120 Å². The van der Waals surface area contributed by atoms with E-state index in [1.807, 2.05) is 24.3 Å². The minimum Gasteiger partial charge on any atom is -0.452 e. The second-order valence-electron chi connectivity index (χ2n) is 4.38. The van der Waals surface area contributed by atoms with E-state index in [-0.39, 0.29) is 6.54 Å². The first-order chi connectivity index (χ1) is 10.1. The third-order valence-electron chi connectivity index (χ3n) is 2.78. The highest BCUT2D eigenvalue weighted by Gasteiger charge is 2.11. The third-order valence-corrected chi connectivity index (χ3v) is 2.78. The molecule has 2 aromatic carbocycles. The lowest BCUT2D eigenvalue weighted by atomic mass is 10.1. The maximum absolute atomic E-state index is 11.8. The quantitative estimate of drug-likeness (QED) is 0.786. The Morgan fingerprint density at radius 1 is 1.05 bits per heavy atom. The number of nitrogens with two attached hydrogens (primary N) is 1. The second kappa shape index (κ2) is 6.51. The van der Waals surface area contributed by atoms with Crippen LogP contribution in [0.15, 0.2) is 42.5 Å². The molecule has 0 bridgehead atoms. The summed E-state index contributed by atoms with van der Waals surface area (Å²) in [6, 6.07) is 12.7. The summed E-state index contributed by atoms with van der Waals surface area (Å²) >= 11 is 0. The van der Waals surface area contributed by atoms with Crippen LogP contribution in [0, 0.1) is 0 Å². The molecule has 0 aliphatic heterocycles. The molecule has 0 radical (unpaired) electrons. The van der Waals surface area contributed by atoms with Crippen molar-refractivity contribution in [1.82, 2.24) is 5.32 Å². The molecule has 0 aliphatic carbocycles. The maximum atomic E-state index is 11.8. The standard InChI is InChI=1S/C15H14N2O4/c16-13(18)8-17-14(19)9-21-15(20)12-6-5-10-3-1-2-4-11(10)7-12/h1-7H,8-9H2,(H2,16,18)(H,17,19). The lowest BCUT2D eigenvalue weighted by Crippen LogP contribution is -2.35. The Morgan fingerprint density at radius 2 is 1.76 bits per heavy atom. The van der Waals surface area contributed by atoms with Gasteiger partial charge in [-0.2, -0.15) is 0 Å². The van der Waals surface area contributed by atoms with Crippen LogP contribution in [-0.2, 0) is 14.3 Å². The molecular formula is C15H14N2O4. The average Bonchev–Trinajstić information content (AvgIpc) is 2.50. The lowest BCUT2D eigenvalue weighted by molar-refractivity contribution is -0.127. The Balaban J connectivity index is 1.95. The zero-order valence-corrected chi connectivity index (χ0v) is 11.2. The number of nitrogens with one attached hydrogen (secondary N) is 1. The molecule has 3 N–H and O–H groups in total. The van der Waals surface area contributed by atoms with Gasteiger partial charge in [-0.25, -0.2) is 4.79 Å². The molecule has 108 valence electrons. The van der Waals surface area contributed by atoms with Gasteiger partial charge in [-0.05, 0) is 22.9 Å². The van der Waals surface area contributed by atoms with E-state index in [4.69, 9.17) is 10.5 Å². The van der Waals surface area contributed by atoms with Crippen molar-refractivity contribution in [3.8, 4) is 0 Å². The molecule has 0 saturated heterocycles. The molecule has 0 heterocycles. The third kappa shape index (κ3) is 4.04. The number of carbonyl (C=O) groups excluding carboxylic acids is 3. The van der Waals surface area contributed by atoms with E-state index in [1.165, 1.54) is 0 Å². The smallest absolute Gasteiger partial charge is 0.338 e. The fraction of sp³-hybridized carbons (Fsp3) is 0.133. The van der Waals surface area contributed by atoms with Crippen LogP contribution in [0.25, 0.3) is 10.8 Å². The first kappa shape index (κ1) is 14.5. The summed E-state index contributed by atoms with van der Waals surface area (Å²) in [4.78, 5) is 33.6. The van der Waals surface area contributed by atoms with Crippen LogP contribution in [0.3, 0.4) is 0 Å². The normalized spacial score (nSPS) is 10.1. The maximum Gasteiger partial charge on any atom is 0.338 e. The Hall–Kier alpha value is -2.89. The molecule has 0 unspecified atom stereocenters. The van der Waals surface area contributed by atoms with Crippen molar-refractivity contribution in [3.05, 3.63) is 48.0 Å². The molecule has 2 amide bonds. The molecular weight excluding hydrogens is 272 g/mol. The molecule has 0 aliphatic rings. The van der Waals surface area contributed by atoms with Crippen molar-refractivity contribution < 1.29 is 19.1 Å². The minimum atomic E-state index is -0.663. The highest BCUT2D eigenvalue weighted by molar-refractivity contribution is 5.96. The van der Waals surface area contributed by atoms with Crippen molar-refractivity contribution in [1.29, 1.82) is 0 Å². The van der Waals surface area contributed by atoms with E-state index in [2.05, 4.69) is 5.32 Å². The summed E-state index contributed by atoms with van der Waals surface area (Å²) < 4.78 is 4.87. The van der Waals surface area contributed by atoms with Gasteiger partial charge in [0.25, 0.3) is 5.91 Å². The van der Waals surface area contributed by atoms with Crippen molar-refractivity contribution in [2.24, 2.45) is 5.73 Å². The van der Waals surface area contributed by atoms with Crippen molar-refractivity contribution >= 4 is 28.6 Å². The molecule has 2 rings (SSSR count). The molecule has 6 heteroatoms. The molecule has 0 saturated carbocycles. The summed E-state index contributed by atoms with van der Waals surface area (Å²) in [5.41, 5.74) is 5.24. The Bertz CT molecular complexity index is 697. The summed E-state index contributed by atoms with van der Waals surface area (Å²) in [5.74, 6) is -1.85. The topological polar surface area (TPSA) is 98.5 Å². The molecule has 2 aromatic rings. The van der Waals surface area contributed by atoms with E-state index in [9.17, 15) is 14.4 Å². The van der Waals surface area contributed by atoms with E-state index in [1.54, 1.807) is 18.2 Å². The number of hydrogen-bond donors (Lipinski definition) is 2. The summed E-state index contributed by atoms with van der Waals surface area (Å²) in [5, 5.41) is 4.14. The molecule has 0 atom stereocenters. The van der Waals surface area contributed by atoms with Crippen molar-refractivity contribution in [3.63, 3.8) is 0 Å². The Kier molecular flexibility index (Phi) is 4.50. The Morgan fingerprint density at radius 3 is 2.48 bits per heavy atom. The summed E-state index contributed by atoms with van der Waals surface area (Å²) in [6.45, 7) is -0.745.